The molecule has 1 unspecified atom stereocenters. The van der Waals surface area contributed by atoms with Crippen molar-refractivity contribution in [2.45, 2.75) is 10.9 Å². The van der Waals surface area contributed by atoms with E-state index in [0.717, 1.165) is 5.56 Å². The number of nitrogens with one attached hydrogen (secondary N) is 2. The summed E-state index contributed by atoms with van der Waals surface area (Å²) in [4.78, 5) is 12.9. The van der Waals surface area contributed by atoms with E-state index in [4.69, 9.17) is 23.2 Å². The van der Waals surface area contributed by atoms with E-state index < -0.39 is 15.9 Å². The smallest absolute Gasteiger partial charge is 0.246 e. The quantitative estimate of drug-likeness (QED) is 0.506. The van der Waals surface area contributed by atoms with Gasteiger partial charge in [-0.05, 0) is 35.9 Å². The van der Waals surface area contributed by atoms with Crippen LogP contribution in [0.25, 0.3) is 0 Å². The van der Waals surface area contributed by atoms with E-state index >= 15 is 0 Å². The van der Waals surface area contributed by atoms with E-state index in [1.165, 1.54) is 18.2 Å². The third-order valence-corrected chi connectivity index (χ3v) is 6.81. The summed E-state index contributed by atoms with van der Waals surface area (Å²) in [6, 6.07) is 21.8. The summed E-state index contributed by atoms with van der Waals surface area (Å²) in [6.07, 6.45) is 0. The Morgan fingerprint density at radius 2 is 1.53 bits per heavy atom. The Kier molecular flexibility index (Phi) is 7.50. The number of rotatable bonds is 8. The van der Waals surface area contributed by atoms with Gasteiger partial charge in [-0.15, -0.1) is 0 Å². The van der Waals surface area contributed by atoms with Gasteiger partial charge in [0, 0.05) is 17.3 Å². The van der Waals surface area contributed by atoms with Crippen molar-refractivity contribution >= 4 is 44.6 Å². The molecule has 30 heavy (non-hydrogen) atoms. The van der Waals surface area contributed by atoms with Crippen molar-refractivity contribution in [3.63, 3.8) is 0 Å². The number of carbonyl (C=O) groups excluding carboxylic acids is 1. The van der Waals surface area contributed by atoms with E-state index in [9.17, 15) is 13.2 Å². The van der Waals surface area contributed by atoms with Crippen molar-refractivity contribution in [1.29, 1.82) is 0 Å². The molecule has 0 fully saturated rings. The van der Waals surface area contributed by atoms with Gasteiger partial charge in [-0.2, -0.15) is 0 Å². The maximum Gasteiger partial charge on any atom is 0.246 e. The number of hydrogen-bond donors (Lipinski definition) is 2. The molecule has 156 valence electrons. The Bertz CT molecular complexity index is 1110. The zero-order valence-corrected chi connectivity index (χ0v) is 18.2. The van der Waals surface area contributed by atoms with E-state index in [1.807, 2.05) is 48.5 Å². The topological polar surface area (TPSA) is 75.3 Å². The predicted molar refractivity (Wildman–Crippen MR) is 121 cm³/mol. The number of anilines is 1. The average Bonchev–Trinajstić information content (AvgIpc) is 2.74. The molecule has 0 spiro atoms. The molecule has 0 aliphatic heterocycles. The summed E-state index contributed by atoms with van der Waals surface area (Å²) in [6.45, 7) is 0.0486. The summed E-state index contributed by atoms with van der Waals surface area (Å²) >= 11 is 12.0. The monoisotopic (exact) mass is 462 g/mol. The first kappa shape index (κ1) is 22.3. The molecule has 8 heteroatoms. The van der Waals surface area contributed by atoms with Gasteiger partial charge < -0.3 is 10.6 Å². The molecule has 0 aliphatic carbocycles. The second kappa shape index (κ2) is 10.1. The van der Waals surface area contributed by atoms with Gasteiger partial charge >= 0.3 is 0 Å². The van der Waals surface area contributed by atoms with E-state index in [0.29, 0.717) is 5.69 Å². The molecule has 0 bridgehead atoms. The van der Waals surface area contributed by atoms with Crippen LogP contribution in [0.4, 0.5) is 5.69 Å². The van der Waals surface area contributed by atoms with Crippen LogP contribution in [0.3, 0.4) is 0 Å². The standard InChI is InChI=1S/C22H20Cl2N2O3S/c23-17-11-12-19(24)20(15-17)30(28,29)14-13-25-21(16-7-3-1-4-8-16)22(27)26-18-9-5-2-6-10-18/h1-12,15,21,25H,13-14H2,(H,26,27). The minimum Gasteiger partial charge on any atom is -0.324 e. The van der Waals surface area contributed by atoms with E-state index in [-0.39, 0.29) is 33.1 Å². The number of amides is 1. The molecule has 0 saturated heterocycles. The highest BCUT2D eigenvalue weighted by atomic mass is 35.5. The van der Waals surface area contributed by atoms with E-state index in [2.05, 4.69) is 10.6 Å². The SMILES string of the molecule is O=C(Nc1ccccc1)C(NCCS(=O)(=O)c1cc(Cl)ccc1Cl)c1ccccc1. The average molecular weight is 463 g/mol. The number of para-hydroxylation sites is 1. The number of halogens is 2. The third-order valence-electron chi connectivity index (χ3n) is 4.38. The van der Waals surface area contributed by atoms with Crippen molar-refractivity contribution in [3.05, 3.63) is 94.5 Å². The molecule has 0 heterocycles. The molecule has 3 aromatic carbocycles. The lowest BCUT2D eigenvalue weighted by Crippen LogP contribution is -2.35. The molecule has 1 amide bonds. The molecule has 0 saturated carbocycles. The largest absolute Gasteiger partial charge is 0.324 e. The molecule has 3 aromatic rings. The highest BCUT2D eigenvalue weighted by Gasteiger charge is 2.23. The van der Waals surface area contributed by atoms with Gasteiger partial charge in [0.05, 0.1) is 15.7 Å². The summed E-state index contributed by atoms with van der Waals surface area (Å²) in [5.74, 6) is -0.528. The lowest BCUT2D eigenvalue weighted by molar-refractivity contribution is -0.118. The van der Waals surface area contributed by atoms with E-state index in [1.54, 1.807) is 12.1 Å². The van der Waals surface area contributed by atoms with Gasteiger partial charge in [0.1, 0.15) is 6.04 Å². The Labute approximate surface area is 185 Å². The van der Waals surface area contributed by atoms with Gasteiger partial charge in [0.2, 0.25) is 5.91 Å². The van der Waals surface area contributed by atoms with Gasteiger partial charge in [0.25, 0.3) is 0 Å². The van der Waals surface area contributed by atoms with Crippen LogP contribution in [-0.2, 0) is 14.6 Å². The van der Waals surface area contributed by atoms with Crippen LogP contribution in [-0.4, -0.2) is 26.6 Å². The molecule has 0 aliphatic rings. The molecule has 3 rings (SSSR count). The van der Waals surface area contributed by atoms with Crippen molar-refractivity contribution in [1.82, 2.24) is 5.32 Å². The first-order valence-electron chi connectivity index (χ1n) is 9.19. The maximum atomic E-state index is 12.9. The van der Waals surface area contributed by atoms with Crippen LogP contribution in [0.5, 0.6) is 0 Å². The summed E-state index contributed by atoms with van der Waals surface area (Å²) in [7, 11) is -3.69. The minimum atomic E-state index is -3.69. The molecule has 0 aromatic heterocycles. The molecular weight excluding hydrogens is 443 g/mol. The number of carbonyl (C=O) groups is 1. The van der Waals surface area contributed by atoms with Gasteiger partial charge in [-0.3, -0.25) is 4.79 Å². The second-order valence-electron chi connectivity index (χ2n) is 6.55. The van der Waals surface area contributed by atoms with Crippen molar-refractivity contribution < 1.29 is 13.2 Å². The van der Waals surface area contributed by atoms with Crippen molar-refractivity contribution in [3.8, 4) is 0 Å². The first-order valence-corrected chi connectivity index (χ1v) is 11.6. The van der Waals surface area contributed by atoms with Crippen LogP contribution in [0.15, 0.2) is 83.8 Å². The fourth-order valence-corrected chi connectivity index (χ4v) is 4.89. The summed E-state index contributed by atoms with van der Waals surface area (Å²) in [5, 5.41) is 6.29. The number of benzene rings is 3. The lowest BCUT2D eigenvalue weighted by Gasteiger charge is -2.19. The molecular formula is C22H20Cl2N2O3S. The second-order valence-corrected chi connectivity index (χ2v) is 9.47. The first-order chi connectivity index (χ1) is 14.4. The molecule has 5 nitrogen and oxygen atoms in total. The Morgan fingerprint density at radius 3 is 2.20 bits per heavy atom. The zero-order chi connectivity index (χ0) is 21.6. The van der Waals surface area contributed by atoms with Gasteiger partial charge in [-0.25, -0.2) is 8.42 Å². The van der Waals surface area contributed by atoms with Crippen LogP contribution in [0.2, 0.25) is 10.0 Å². The van der Waals surface area contributed by atoms with Crippen molar-refractivity contribution in [2.24, 2.45) is 0 Å². The summed E-state index contributed by atoms with van der Waals surface area (Å²) in [5.41, 5.74) is 1.38. The zero-order valence-electron chi connectivity index (χ0n) is 15.9. The number of hydrogen-bond acceptors (Lipinski definition) is 4. The fourth-order valence-electron chi connectivity index (χ4n) is 2.91. The highest BCUT2D eigenvalue weighted by Crippen LogP contribution is 2.26. The van der Waals surface area contributed by atoms with Gasteiger partial charge in [-0.1, -0.05) is 71.7 Å². The fraction of sp³-hybridized carbons (Fsp3) is 0.136. The van der Waals surface area contributed by atoms with Crippen molar-refractivity contribution in [2.75, 3.05) is 17.6 Å². The van der Waals surface area contributed by atoms with Crippen LogP contribution in [0, 0.1) is 0 Å². The van der Waals surface area contributed by atoms with Crippen LogP contribution >= 0.6 is 23.2 Å². The van der Waals surface area contributed by atoms with Crippen LogP contribution < -0.4 is 10.6 Å². The third kappa shape index (κ3) is 5.83. The molecule has 1 atom stereocenters. The molecule has 2 N–H and O–H groups in total. The Morgan fingerprint density at radius 1 is 0.900 bits per heavy atom. The maximum absolute atomic E-state index is 12.9. The number of sulfone groups is 1. The Balaban J connectivity index is 1.74. The summed E-state index contributed by atoms with van der Waals surface area (Å²) < 4.78 is 25.4. The molecule has 0 radical (unpaired) electrons. The lowest BCUT2D eigenvalue weighted by atomic mass is 10.1. The van der Waals surface area contributed by atoms with Crippen LogP contribution in [0.1, 0.15) is 11.6 Å². The Hall–Kier alpha value is -2.38. The minimum absolute atomic E-state index is 0.0246. The highest BCUT2D eigenvalue weighted by molar-refractivity contribution is 7.91. The normalized spacial score (nSPS) is 12.3. The van der Waals surface area contributed by atoms with Gasteiger partial charge in [0.15, 0.2) is 9.84 Å². The predicted octanol–water partition coefficient (Wildman–Crippen LogP) is 4.74.